The number of carbonyl (C=O) groups excluding carboxylic acids is 1. The summed E-state index contributed by atoms with van der Waals surface area (Å²) in [5.41, 5.74) is 2.44. The van der Waals surface area contributed by atoms with Crippen molar-refractivity contribution >= 4 is 12.0 Å². The van der Waals surface area contributed by atoms with Crippen molar-refractivity contribution in [2.24, 2.45) is 0 Å². The van der Waals surface area contributed by atoms with Gasteiger partial charge in [-0.25, -0.2) is 0 Å². The molecule has 0 fully saturated rings. The van der Waals surface area contributed by atoms with Crippen molar-refractivity contribution in [1.29, 1.82) is 0 Å². The molecule has 1 aliphatic carbocycles. The van der Waals surface area contributed by atoms with E-state index in [-0.39, 0.29) is 35.1 Å². The zero-order valence-corrected chi connectivity index (χ0v) is 9.41. The fraction of sp³-hybridized carbons (Fsp3) is 0.100. The van der Waals surface area contributed by atoms with Crippen molar-refractivity contribution in [3.05, 3.63) is 41.0 Å². The zero-order chi connectivity index (χ0) is 8.55. The summed E-state index contributed by atoms with van der Waals surface area (Å²) in [6.45, 7) is 0. The molecule has 0 aromatic heterocycles. The van der Waals surface area contributed by atoms with Gasteiger partial charge in [0.1, 0.15) is 0 Å². The summed E-state index contributed by atoms with van der Waals surface area (Å²) < 4.78 is 0. The van der Waals surface area contributed by atoms with Crippen LogP contribution in [0.2, 0.25) is 0 Å². The van der Waals surface area contributed by atoms with Crippen LogP contribution in [-0.2, 0) is 6.42 Å². The molecular formula is C10H7NaO2. The average Bonchev–Trinajstić information content (AvgIpc) is 2.49. The molecule has 1 aliphatic rings. The van der Waals surface area contributed by atoms with Gasteiger partial charge in [0.2, 0.25) is 0 Å². The Labute approximate surface area is 98.6 Å². The van der Waals surface area contributed by atoms with Crippen LogP contribution in [0.5, 0.6) is 0 Å². The first kappa shape index (κ1) is 10.5. The second kappa shape index (κ2) is 4.09. The number of fused-ring (bicyclic) bond motifs is 1. The number of carbonyl (C=O) groups is 1. The summed E-state index contributed by atoms with van der Waals surface area (Å²) in [7, 11) is 0. The van der Waals surface area contributed by atoms with Gasteiger partial charge in [0.05, 0.1) is 5.97 Å². The molecule has 0 saturated heterocycles. The van der Waals surface area contributed by atoms with E-state index in [2.05, 4.69) is 0 Å². The molecular weight excluding hydrogens is 175 g/mol. The minimum atomic E-state index is -1.11. The largest absolute Gasteiger partial charge is 1.00 e. The summed E-state index contributed by atoms with van der Waals surface area (Å²) in [5, 5.41) is 10.5. The van der Waals surface area contributed by atoms with Gasteiger partial charge in [-0.1, -0.05) is 24.3 Å². The van der Waals surface area contributed by atoms with Crippen molar-refractivity contribution in [1.82, 2.24) is 0 Å². The molecule has 1 aromatic rings. The van der Waals surface area contributed by atoms with Gasteiger partial charge in [0, 0.05) is 0 Å². The van der Waals surface area contributed by atoms with E-state index in [1.54, 1.807) is 12.1 Å². The summed E-state index contributed by atoms with van der Waals surface area (Å²) in [6, 6.07) is 5.05. The van der Waals surface area contributed by atoms with Crippen LogP contribution in [0.1, 0.15) is 21.5 Å². The normalized spacial score (nSPS) is 12.0. The van der Waals surface area contributed by atoms with Crippen LogP contribution in [0, 0.1) is 0 Å². The number of carboxylic acid groups (broad SMARTS) is 1. The van der Waals surface area contributed by atoms with Crippen molar-refractivity contribution in [3.8, 4) is 0 Å². The monoisotopic (exact) mass is 182 g/mol. The molecule has 3 heteroatoms. The third-order valence-electron chi connectivity index (χ3n) is 2.01. The van der Waals surface area contributed by atoms with E-state index < -0.39 is 5.97 Å². The molecule has 0 atom stereocenters. The van der Waals surface area contributed by atoms with Gasteiger partial charge in [-0.15, -0.1) is 0 Å². The molecule has 60 valence electrons. The van der Waals surface area contributed by atoms with Crippen molar-refractivity contribution in [2.45, 2.75) is 6.42 Å². The van der Waals surface area contributed by atoms with Crippen LogP contribution in [0.15, 0.2) is 24.3 Å². The summed E-state index contributed by atoms with van der Waals surface area (Å²) >= 11 is 0. The van der Waals surface area contributed by atoms with E-state index in [0.717, 1.165) is 17.5 Å². The zero-order valence-electron chi connectivity index (χ0n) is 7.41. The molecule has 0 bridgehead atoms. The van der Waals surface area contributed by atoms with Gasteiger partial charge in [-0.05, 0) is 29.2 Å². The summed E-state index contributed by atoms with van der Waals surface area (Å²) in [4.78, 5) is 10.5. The maximum absolute atomic E-state index is 10.5. The van der Waals surface area contributed by atoms with E-state index in [0.29, 0.717) is 0 Å². The van der Waals surface area contributed by atoms with Crippen molar-refractivity contribution in [2.75, 3.05) is 0 Å². The fourth-order valence-electron chi connectivity index (χ4n) is 1.38. The molecule has 1 aromatic carbocycles. The molecule has 0 radical (unpaired) electrons. The van der Waals surface area contributed by atoms with Crippen molar-refractivity contribution in [3.63, 3.8) is 0 Å². The van der Waals surface area contributed by atoms with Gasteiger partial charge in [-0.3, -0.25) is 0 Å². The third kappa shape index (κ3) is 2.02. The van der Waals surface area contributed by atoms with E-state index in [4.69, 9.17) is 0 Å². The summed E-state index contributed by atoms with van der Waals surface area (Å²) in [5.74, 6) is -1.11. The van der Waals surface area contributed by atoms with Crippen molar-refractivity contribution < 1.29 is 39.5 Å². The Morgan fingerprint density at radius 3 is 2.85 bits per heavy atom. The van der Waals surface area contributed by atoms with E-state index in [9.17, 15) is 9.90 Å². The number of hydrogen-bond donors (Lipinski definition) is 0. The molecule has 2 rings (SSSR count). The van der Waals surface area contributed by atoms with Gasteiger partial charge >= 0.3 is 29.6 Å². The molecule has 0 unspecified atom stereocenters. The SMILES string of the molecule is O=C([O-])c1ccc2c(c1)CC=C2.[Na+]. The molecule has 0 heterocycles. The van der Waals surface area contributed by atoms with Gasteiger partial charge in [-0.2, -0.15) is 0 Å². The molecule has 0 aliphatic heterocycles. The molecule has 0 N–H and O–H groups in total. The average molecular weight is 182 g/mol. The minimum absolute atomic E-state index is 0. The molecule has 0 spiro atoms. The second-order valence-electron chi connectivity index (χ2n) is 2.81. The molecule has 2 nitrogen and oxygen atoms in total. The van der Waals surface area contributed by atoms with Gasteiger partial charge in [0.25, 0.3) is 0 Å². The third-order valence-corrected chi connectivity index (χ3v) is 2.01. The Balaban J connectivity index is 0.000000845. The molecule has 0 amide bonds. The standard InChI is InChI=1S/C10H8O2.Na/c11-10(12)9-5-4-7-2-1-3-8(7)6-9;/h1-2,4-6H,3H2,(H,11,12);/q;+1/p-1. The minimum Gasteiger partial charge on any atom is -0.545 e. The fourth-order valence-corrected chi connectivity index (χ4v) is 1.38. The topological polar surface area (TPSA) is 40.1 Å². The predicted molar refractivity (Wildman–Crippen MR) is 43.5 cm³/mol. The number of carboxylic acids is 1. The Kier molecular flexibility index (Phi) is 3.31. The maximum Gasteiger partial charge on any atom is 1.00 e. The van der Waals surface area contributed by atoms with E-state index in [1.165, 1.54) is 0 Å². The quantitative estimate of drug-likeness (QED) is 0.455. The Morgan fingerprint density at radius 1 is 1.38 bits per heavy atom. The maximum atomic E-state index is 10.5. The smallest absolute Gasteiger partial charge is 0.545 e. The van der Waals surface area contributed by atoms with Crippen LogP contribution >= 0.6 is 0 Å². The number of allylic oxidation sites excluding steroid dienone is 1. The Bertz CT molecular complexity index is 369. The van der Waals surface area contributed by atoms with Crippen LogP contribution < -0.4 is 34.7 Å². The summed E-state index contributed by atoms with van der Waals surface area (Å²) in [6.07, 6.45) is 4.84. The van der Waals surface area contributed by atoms with Gasteiger partial charge < -0.3 is 9.90 Å². The Morgan fingerprint density at radius 2 is 2.15 bits per heavy atom. The van der Waals surface area contributed by atoms with Crippen LogP contribution in [-0.4, -0.2) is 5.97 Å². The molecule has 0 saturated carbocycles. The van der Waals surface area contributed by atoms with Crippen LogP contribution in [0.25, 0.3) is 6.08 Å². The Hall–Kier alpha value is -0.570. The number of hydrogen-bond acceptors (Lipinski definition) is 2. The first-order valence-corrected chi connectivity index (χ1v) is 3.78. The van der Waals surface area contributed by atoms with E-state index in [1.807, 2.05) is 18.2 Å². The predicted octanol–water partition coefficient (Wildman–Crippen LogP) is -2.38. The first-order valence-electron chi connectivity index (χ1n) is 3.78. The van der Waals surface area contributed by atoms with Crippen LogP contribution in [0.3, 0.4) is 0 Å². The second-order valence-corrected chi connectivity index (χ2v) is 2.81. The van der Waals surface area contributed by atoms with Crippen LogP contribution in [0.4, 0.5) is 0 Å². The first-order chi connectivity index (χ1) is 5.77. The van der Waals surface area contributed by atoms with E-state index >= 15 is 0 Å². The number of rotatable bonds is 1. The number of benzene rings is 1. The number of aromatic carboxylic acids is 1. The van der Waals surface area contributed by atoms with Gasteiger partial charge in [0.15, 0.2) is 0 Å². The molecule has 13 heavy (non-hydrogen) atoms.